The van der Waals surface area contributed by atoms with E-state index in [0.29, 0.717) is 0 Å². The molecule has 0 saturated heterocycles. The number of rotatable bonds is 0. The lowest BCUT2D eigenvalue weighted by Crippen LogP contribution is -2.76. The fourth-order valence-electron chi connectivity index (χ4n) is 1.31. The zero-order valence-corrected chi connectivity index (χ0v) is 6.89. The second-order valence-electron chi connectivity index (χ2n) is 3.35. The summed E-state index contributed by atoms with van der Waals surface area (Å²) in [5.74, 6) is -6.63. The summed E-state index contributed by atoms with van der Waals surface area (Å²) < 4.78 is 0. The van der Waals surface area contributed by atoms with Crippen molar-refractivity contribution in [2.75, 3.05) is 0 Å². The van der Waals surface area contributed by atoms with Crippen molar-refractivity contribution in [3.63, 3.8) is 0 Å². The Balaban J connectivity index is 3.09. The molecule has 0 aromatic rings. The molecule has 1 aliphatic rings. The third-order valence-electron chi connectivity index (χ3n) is 2.32. The smallest absolute Gasteiger partial charge is 0.224 e. The molecule has 1 saturated carbocycles. The van der Waals surface area contributed by atoms with Gasteiger partial charge in [0.05, 0.1) is 0 Å². The van der Waals surface area contributed by atoms with Crippen molar-refractivity contribution in [3.8, 4) is 0 Å². The van der Waals surface area contributed by atoms with Crippen LogP contribution in [0.3, 0.4) is 0 Å². The van der Waals surface area contributed by atoms with Gasteiger partial charge in [-0.3, -0.25) is 0 Å². The van der Waals surface area contributed by atoms with Crippen LogP contribution in [0, 0.1) is 0 Å². The lowest BCUT2D eigenvalue weighted by Gasteiger charge is -2.48. The first-order valence-electron chi connectivity index (χ1n) is 3.75. The Bertz CT molecular complexity index is 204. The van der Waals surface area contributed by atoms with Crippen LogP contribution in [0.5, 0.6) is 0 Å². The normalized spacial score (nSPS) is 46.3. The van der Waals surface area contributed by atoms with E-state index in [1.54, 1.807) is 0 Å². The summed E-state index contributed by atoms with van der Waals surface area (Å²) in [7, 11) is 0. The minimum absolute atomic E-state index is 2.21. The molecule has 84 valence electrons. The highest BCUT2D eigenvalue weighted by molar-refractivity contribution is 5.06. The van der Waals surface area contributed by atoms with E-state index >= 15 is 0 Å². The van der Waals surface area contributed by atoms with E-state index in [-0.39, 0.29) is 0 Å². The maximum absolute atomic E-state index is 9.00. The van der Waals surface area contributed by atoms with Crippen LogP contribution < -0.4 is 0 Å². The Morgan fingerprint density at radius 3 is 1.21 bits per heavy atom. The molecule has 0 aromatic carbocycles. The largest absolute Gasteiger partial charge is 0.387 e. The second-order valence-corrected chi connectivity index (χ2v) is 3.35. The SMILES string of the molecule is OC1[C@@H](O)C(O)(O)C(O)C(O)(O)[C@H]1O. The first-order valence-corrected chi connectivity index (χ1v) is 3.75. The molecule has 2 unspecified atom stereocenters. The molecule has 1 fully saturated rings. The van der Waals surface area contributed by atoms with Gasteiger partial charge in [-0.05, 0) is 0 Å². The average Bonchev–Trinajstić information content (AvgIpc) is 2.11. The van der Waals surface area contributed by atoms with Gasteiger partial charge in [-0.1, -0.05) is 0 Å². The Morgan fingerprint density at radius 1 is 0.643 bits per heavy atom. The van der Waals surface area contributed by atoms with E-state index in [4.69, 9.17) is 40.9 Å². The summed E-state index contributed by atoms with van der Waals surface area (Å²) in [6.07, 6.45) is -9.48. The van der Waals surface area contributed by atoms with Crippen molar-refractivity contribution >= 4 is 0 Å². The molecular weight excluding hydrogens is 200 g/mol. The van der Waals surface area contributed by atoms with Gasteiger partial charge in [0, 0.05) is 0 Å². The fourth-order valence-corrected chi connectivity index (χ4v) is 1.31. The average molecular weight is 212 g/mol. The van der Waals surface area contributed by atoms with Crippen LogP contribution in [0.1, 0.15) is 0 Å². The zero-order valence-electron chi connectivity index (χ0n) is 6.89. The van der Waals surface area contributed by atoms with Gasteiger partial charge in [-0.25, -0.2) is 0 Å². The van der Waals surface area contributed by atoms with E-state index < -0.39 is 36.0 Å². The number of hydrogen-bond donors (Lipinski definition) is 8. The predicted octanol–water partition coefficient (Wildman–Crippen LogP) is -5.19. The van der Waals surface area contributed by atoms with Gasteiger partial charge in [0.2, 0.25) is 11.6 Å². The molecule has 14 heavy (non-hydrogen) atoms. The monoisotopic (exact) mass is 212 g/mol. The lowest BCUT2D eigenvalue weighted by atomic mass is 9.79. The Labute approximate surface area is 77.9 Å². The minimum Gasteiger partial charge on any atom is -0.387 e. The molecule has 8 heteroatoms. The molecule has 1 aliphatic carbocycles. The van der Waals surface area contributed by atoms with Gasteiger partial charge in [0.25, 0.3) is 0 Å². The standard InChI is InChI=1S/C6H12O8/c7-1-2(8)5(11,12)4(10)6(13,14)3(1)9/h1-4,7-14H/t1?,2-,3+,4?. The van der Waals surface area contributed by atoms with Gasteiger partial charge in [0.1, 0.15) is 18.3 Å². The first-order chi connectivity index (χ1) is 6.13. The quantitative estimate of drug-likeness (QED) is 0.185. The minimum atomic E-state index is -3.32. The second kappa shape index (κ2) is 3.08. The van der Waals surface area contributed by atoms with Crippen molar-refractivity contribution in [2.45, 2.75) is 36.0 Å². The molecule has 0 spiro atoms. The lowest BCUT2D eigenvalue weighted by molar-refractivity contribution is -0.413. The third kappa shape index (κ3) is 1.33. The Hall–Kier alpha value is -0.320. The molecule has 4 atom stereocenters. The van der Waals surface area contributed by atoms with Crippen LogP contribution in [0.15, 0.2) is 0 Å². The summed E-state index contributed by atoms with van der Waals surface area (Å²) in [5.41, 5.74) is 0. The van der Waals surface area contributed by atoms with Crippen molar-refractivity contribution in [2.24, 2.45) is 0 Å². The highest BCUT2D eigenvalue weighted by atomic mass is 16.6. The van der Waals surface area contributed by atoms with Crippen molar-refractivity contribution in [1.82, 2.24) is 0 Å². The summed E-state index contributed by atoms with van der Waals surface area (Å²) in [6, 6.07) is 0. The molecule has 0 amide bonds. The highest BCUT2D eigenvalue weighted by Gasteiger charge is 2.64. The van der Waals surface area contributed by atoms with Gasteiger partial charge in [-0.15, -0.1) is 0 Å². The van der Waals surface area contributed by atoms with E-state index in [2.05, 4.69) is 0 Å². The third-order valence-corrected chi connectivity index (χ3v) is 2.32. The molecule has 0 heterocycles. The van der Waals surface area contributed by atoms with Crippen LogP contribution in [0.2, 0.25) is 0 Å². The molecule has 0 aromatic heterocycles. The Morgan fingerprint density at radius 2 is 0.929 bits per heavy atom. The van der Waals surface area contributed by atoms with Gasteiger partial charge in [-0.2, -0.15) is 0 Å². The van der Waals surface area contributed by atoms with Crippen LogP contribution in [-0.2, 0) is 0 Å². The molecule has 8 nitrogen and oxygen atoms in total. The van der Waals surface area contributed by atoms with Crippen LogP contribution in [0.4, 0.5) is 0 Å². The maximum Gasteiger partial charge on any atom is 0.224 e. The van der Waals surface area contributed by atoms with Crippen LogP contribution >= 0.6 is 0 Å². The molecule has 0 radical (unpaired) electrons. The predicted molar refractivity (Wildman–Crippen MR) is 38.4 cm³/mol. The molecule has 0 bridgehead atoms. The molecule has 8 N–H and O–H groups in total. The fraction of sp³-hybridized carbons (Fsp3) is 1.00. The van der Waals surface area contributed by atoms with Gasteiger partial charge in [0.15, 0.2) is 6.10 Å². The van der Waals surface area contributed by atoms with E-state index in [9.17, 15) is 0 Å². The van der Waals surface area contributed by atoms with E-state index in [0.717, 1.165) is 0 Å². The summed E-state index contributed by atoms with van der Waals surface area (Å²) in [4.78, 5) is 0. The summed E-state index contributed by atoms with van der Waals surface area (Å²) in [5, 5.41) is 71.9. The van der Waals surface area contributed by atoms with Crippen molar-refractivity contribution < 1.29 is 40.9 Å². The molecule has 0 aliphatic heterocycles. The first kappa shape index (κ1) is 11.8. The zero-order chi connectivity index (χ0) is 11.3. The van der Waals surface area contributed by atoms with Crippen molar-refractivity contribution in [3.05, 3.63) is 0 Å². The molecule has 1 rings (SSSR count). The van der Waals surface area contributed by atoms with Crippen LogP contribution in [0.25, 0.3) is 0 Å². The summed E-state index contributed by atoms with van der Waals surface area (Å²) >= 11 is 0. The van der Waals surface area contributed by atoms with Crippen LogP contribution in [-0.4, -0.2) is 76.8 Å². The summed E-state index contributed by atoms with van der Waals surface area (Å²) in [6.45, 7) is 0. The van der Waals surface area contributed by atoms with Gasteiger partial charge < -0.3 is 40.9 Å². The van der Waals surface area contributed by atoms with E-state index in [1.165, 1.54) is 0 Å². The Kier molecular flexibility index (Phi) is 2.59. The van der Waals surface area contributed by atoms with Crippen molar-refractivity contribution in [1.29, 1.82) is 0 Å². The van der Waals surface area contributed by atoms with E-state index in [1.807, 2.05) is 0 Å². The number of aliphatic hydroxyl groups excluding tert-OH is 4. The maximum atomic E-state index is 9.00. The molecular formula is C6H12O8. The number of aliphatic hydroxyl groups is 8. The van der Waals surface area contributed by atoms with Gasteiger partial charge >= 0.3 is 0 Å². The topological polar surface area (TPSA) is 162 Å². The number of hydrogen-bond acceptors (Lipinski definition) is 8. The highest BCUT2D eigenvalue weighted by Crippen LogP contribution is 2.33.